The Labute approximate surface area is 298 Å². The van der Waals surface area contributed by atoms with Gasteiger partial charge in [-0.15, -0.1) is 0 Å². The molecule has 2 heterocycles. The van der Waals surface area contributed by atoms with E-state index in [4.69, 9.17) is 9.98 Å². The predicted molar refractivity (Wildman–Crippen MR) is 213 cm³/mol. The minimum absolute atomic E-state index is 0.288. The highest BCUT2D eigenvalue weighted by molar-refractivity contribution is 6.17. The molecule has 1 N–H and O–H groups in total. The van der Waals surface area contributed by atoms with E-state index in [0.29, 0.717) is 5.96 Å². The van der Waals surface area contributed by atoms with Crippen LogP contribution < -0.4 is 5.32 Å². The normalized spacial score (nSPS) is 14.3. The zero-order valence-electron chi connectivity index (χ0n) is 28.6. The van der Waals surface area contributed by atoms with E-state index >= 15 is 0 Å². The Morgan fingerprint density at radius 1 is 0.490 bits per heavy atom. The summed E-state index contributed by atoms with van der Waals surface area (Å²) in [5.74, 6) is 1.45. The van der Waals surface area contributed by atoms with Crippen molar-refractivity contribution in [2.75, 3.05) is 0 Å². The van der Waals surface area contributed by atoms with Crippen molar-refractivity contribution in [3.05, 3.63) is 192 Å². The lowest BCUT2D eigenvalue weighted by Crippen LogP contribution is -2.35. The highest BCUT2D eigenvalue weighted by atomic mass is 15.3. The van der Waals surface area contributed by atoms with Gasteiger partial charge in [-0.05, 0) is 82.1 Å². The van der Waals surface area contributed by atoms with Crippen LogP contribution in [0.5, 0.6) is 0 Å². The van der Waals surface area contributed by atoms with Gasteiger partial charge in [-0.3, -0.25) is 4.57 Å². The van der Waals surface area contributed by atoms with Crippen LogP contribution in [0.2, 0.25) is 0 Å². The summed E-state index contributed by atoms with van der Waals surface area (Å²) in [4.78, 5) is 10.5. The van der Waals surface area contributed by atoms with E-state index in [9.17, 15) is 0 Å². The largest absolute Gasteiger partial charge is 0.344 e. The Morgan fingerprint density at radius 3 is 1.96 bits per heavy atom. The number of aliphatic imine (C=N–C) groups is 2. The van der Waals surface area contributed by atoms with Gasteiger partial charge in [0.2, 0.25) is 5.96 Å². The van der Waals surface area contributed by atoms with Gasteiger partial charge in [0.05, 0.1) is 11.0 Å². The molecule has 4 heteroatoms. The second-order valence-corrected chi connectivity index (χ2v) is 13.2. The average molecular weight is 657 g/mol. The molecule has 0 aliphatic carbocycles. The smallest absolute Gasteiger partial charge is 0.234 e. The molecule has 244 valence electrons. The first-order valence-electron chi connectivity index (χ1n) is 17.5. The first kappa shape index (κ1) is 30.5. The fourth-order valence-electron chi connectivity index (χ4n) is 7.43. The Kier molecular flexibility index (Phi) is 7.63. The van der Waals surface area contributed by atoms with Crippen LogP contribution >= 0.6 is 0 Å². The molecular formula is C47H36N4. The van der Waals surface area contributed by atoms with Crippen LogP contribution in [0, 0.1) is 13.8 Å². The number of fused-ring (bicyclic) bond motifs is 3. The lowest BCUT2D eigenvalue weighted by molar-refractivity contribution is 0.668. The van der Waals surface area contributed by atoms with Crippen LogP contribution in [0.1, 0.15) is 28.4 Å². The molecule has 0 saturated carbocycles. The van der Waals surface area contributed by atoms with E-state index in [1.54, 1.807) is 0 Å². The van der Waals surface area contributed by atoms with Crippen molar-refractivity contribution in [1.29, 1.82) is 0 Å². The maximum atomic E-state index is 5.26. The maximum absolute atomic E-state index is 5.26. The van der Waals surface area contributed by atoms with Gasteiger partial charge in [0, 0.05) is 16.3 Å². The van der Waals surface area contributed by atoms with E-state index < -0.39 is 0 Å². The third-order valence-electron chi connectivity index (χ3n) is 10.0. The van der Waals surface area contributed by atoms with Crippen LogP contribution in [0.4, 0.5) is 0 Å². The molecule has 51 heavy (non-hydrogen) atoms. The van der Waals surface area contributed by atoms with Gasteiger partial charge in [0.15, 0.2) is 0 Å². The summed E-state index contributed by atoms with van der Waals surface area (Å²) in [7, 11) is 0. The average Bonchev–Trinajstić information content (AvgIpc) is 3.53. The van der Waals surface area contributed by atoms with Crippen molar-refractivity contribution in [2.24, 2.45) is 9.98 Å². The van der Waals surface area contributed by atoms with Crippen molar-refractivity contribution in [3.8, 4) is 33.4 Å². The van der Waals surface area contributed by atoms with E-state index in [1.165, 1.54) is 44.2 Å². The van der Waals surface area contributed by atoms with Gasteiger partial charge in [-0.1, -0.05) is 152 Å². The Bertz CT molecular complexity index is 2630. The minimum Gasteiger partial charge on any atom is -0.344 e. The Balaban J connectivity index is 1.20. The first-order valence-corrected chi connectivity index (χ1v) is 17.5. The number of nitrogens with zero attached hydrogens (tertiary/aromatic N) is 3. The number of nitrogens with one attached hydrogen (secondary N) is 1. The van der Waals surface area contributed by atoms with E-state index in [2.05, 4.69) is 169 Å². The summed E-state index contributed by atoms with van der Waals surface area (Å²) in [6.07, 6.45) is -0.288. The van der Waals surface area contributed by atoms with E-state index in [-0.39, 0.29) is 6.17 Å². The standard InChI is InChI=1S/C47H36N4/c1-31-15-9-10-22-38(31)40-25-14-24-39(32(40)2)37-21-13-20-35(29-37)36-27-28-42-41-23-11-12-26-43(41)51(44(42)30-36)47-49-45(33-16-5-3-6-17-33)48-46(50-47)34-18-7-4-8-19-34/h3-30,45H,1-2H3,(H,48,49,50). The summed E-state index contributed by atoms with van der Waals surface area (Å²) in [6, 6.07) is 60.2. The van der Waals surface area contributed by atoms with E-state index in [1.807, 2.05) is 24.3 Å². The quantitative estimate of drug-likeness (QED) is 0.197. The number of para-hydroxylation sites is 1. The molecule has 7 aromatic carbocycles. The predicted octanol–water partition coefficient (Wildman–Crippen LogP) is 11.4. The third kappa shape index (κ3) is 5.51. The molecule has 1 aromatic heterocycles. The number of amidine groups is 1. The Hall–Kier alpha value is -6.52. The molecule has 8 aromatic rings. The summed E-state index contributed by atoms with van der Waals surface area (Å²) < 4.78 is 2.23. The van der Waals surface area contributed by atoms with Gasteiger partial charge >= 0.3 is 0 Å². The zero-order valence-corrected chi connectivity index (χ0v) is 28.6. The van der Waals surface area contributed by atoms with Crippen LogP contribution in [0.3, 0.4) is 0 Å². The molecule has 9 rings (SSSR count). The molecule has 0 fully saturated rings. The van der Waals surface area contributed by atoms with Gasteiger partial charge in [-0.2, -0.15) is 4.99 Å². The van der Waals surface area contributed by atoms with Crippen molar-refractivity contribution < 1.29 is 0 Å². The van der Waals surface area contributed by atoms with Crippen LogP contribution in [0.15, 0.2) is 180 Å². The lowest BCUT2D eigenvalue weighted by Gasteiger charge is -2.24. The number of hydrogen-bond donors (Lipinski definition) is 1. The molecule has 0 spiro atoms. The van der Waals surface area contributed by atoms with Crippen molar-refractivity contribution in [3.63, 3.8) is 0 Å². The summed E-state index contributed by atoms with van der Waals surface area (Å²) in [5, 5.41) is 5.94. The SMILES string of the molecule is Cc1ccccc1-c1cccc(-c2cccc(-c3ccc4c5ccccc5n(C5=NC(c6ccccc6)NC(c6ccccc6)=N5)c4c3)c2)c1C. The second-order valence-electron chi connectivity index (χ2n) is 13.2. The van der Waals surface area contributed by atoms with Gasteiger partial charge < -0.3 is 5.32 Å². The van der Waals surface area contributed by atoms with E-state index in [0.717, 1.165) is 39.1 Å². The lowest BCUT2D eigenvalue weighted by atomic mass is 9.90. The molecule has 0 saturated heterocycles. The molecule has 1 unspecified atom stereocenters. The number of aryl methyl sites for hydroxylation is 1. The summed E-state index contributed by atoms with van der Waals surface area (Å²) in [5.41, 5.74) is 14.1. The zero-order chi connectivity index (χ0) is 34.3. The molecule has 1 atom stereocenters. The summed E-state index contributed by atoms with van der Waals surface area (Å²) in [6.45, 7) is 4.42. The molecule has 0 radical (unpaired) electrons. The fourth-order valence-corrected chi connectivity index (χ4v) is 7.43. The highest BCUT2D eigenvalue weighted by Gasteiger charge is 2.24. The second kappa shape index (κ2) is 12.7. The molecule has 4 nitrogen and oxygen atoms in total. The Morgan fingerprint density at radius 2 is 1.12 bits per heavy atom. The molecule has 1 aliphatic heterocycles. The van der Waals surface area contributed by atoms with Crippen molar-refractivity contribution in [2.45, 2.75) is 20.0 Å². The molecule has 0 bridgehead atoms. The third-order valence-corrected chi connectivity index (χ3v) is 10.0. The minimum atomic E-state index is -0.288. The molecular weight excluding hydrogens is 621 g/mol. The molecule has 0 amide bonds. The summed E-state index contributed by atoms with van der Waals surface area (Å²) >= 11 is 0. The van der Waals surface area contributed by atoms with Crippen LogP contribution in [-0.4, -0.2) is 16.4 Å². The topological polar surface area (TPSA) is 41.7 Å². The number of hydrogen-bond acceptors (Lipinski definition) is 3. The van der Waals surface area contributed by atoms with Gasteiger partial charge in [0.25, 0.3) is 0 Å². The molecule has 1 aliphatic rings. The highest BCUT2D eigenvalue weighted by Crippen LogP contribution is 2.37. The maximum Gasteiger partial charge on any atom is 0.234 e. The van der Waals surface area contributed by atoms with Crippen LogP contribution in [0.25, 0.3) is 55.2 Å². The van der Waals surface area contributed by atoms with Gasteiger partial charge in [0.1, 0.15) is 12.0 Å². The monoisotopic (exact) mass is 656 g/mol. The number of rotatable bonds is 5. The van der Waals surface area contributed by atoms with Crippen LogP contribution in [-0.2, 0) is 0 Å². The van der Waals surface area contributed by atoms with Crippen molar-refractivity contribution >= 4 is 33.6 Å². The number of aromatic nitrogens is 1. The van der Waals surface area contributed by atoms with Crippen molar-refractivity contribution in [1.82, 2.24) is 9.88 Å². The fraction of sp³-hybridized carbons (Fsp3) is 0.0638. The van der Waals surface area contributed by atoms with Gasteiger partial charge in [-0.25, -0.2) is 4.99 Å². The first-order chi connectivity index (χ1) is 25.1. The number of benzene rings is 7.